The van der Waals surface area contributed by atoms with Crippen molar-refractivity contribution < 1.29 is 23.1 Å². The summed E-state index contributed by atoms with van der Waals surface area (Å²) >= 11 is 0. The quantitative estimate of drug-likeness (QED) is 0.728. The number of hydrogen-bond acceptors (Lipinski definition) is 2. The van der Waals surface area contributed by atoms with Gasteiger partial charge < -0.3 is 15.4 Å². The van der Waals surface area contributed by atoms with E-state index in [1.165, 1.54) is 6.07 Å². The monoisotopic (exact) mass is 362 g/mol. The van der Waals surface area contributed by atoms with Crippen molar-refractivity contribution >= 4 is 16.9 Å². The average Bonchev–Trinajstić information content (AvgIpc) is 2.92. The van der Waals surface area contributed by atoms with Gasteiger partial charge in [0.1, 0.15) is 6.04 Å². The molecule has 3 aromatic rings. The summed E-state index contributed by atoms with van der Waals surface area (Å²) < 4.78 is 40.5. The number of carbonyl (C=O) groups is 1. The maximum Gasteiger partial charge on any atom is 0.416 e. The molecule has 0 aliphatic heterocycles. The number of para-hydroxylation sites is 1. The van der Waals surface area contributed by atoms with E-state index in [1.54, 1.807) is 12.3 Å². The van der Waals surface area contributed by atoms with Crippen LogP contribution in [0.15, 0.2) is 54.7 Å². The molecular formula is C19H17F3N2O2. The zero-order chi connectivity index (χ0) is 18.9. The zero-order valence-electron chi connectivity index (χ0n) is 13.7. The first-order valence-corrected chi connectivity index (χ1v) is 7.97. The van der Waals surface area contributed by atoms with Crippen molar-refractivity contribution in [2.24, 2.45) is 5.73 Å². The molecule has 3 rings (SSSR count). The highest BCUT2D eigenvalue weighted by Gasteiger charge is 2.30. The Labute approximate surface area is 147 Å². The molecule has 3 N–H and O–H groups in total. The molecule has 0 aliphatic carbocycles. The fourth-order valence-corrected chi connectivity index (χ4v) is 2.98. The van der Waals surface area contributed by atoms with Crippen LogP contribution in [0.2, 0.25) is 0 Å². The number of rotatable bonds is 5. The Balaban J connectivity index is 1.97. The van der Waals surface area contributed by atoms with Gasteiger partial charge in [-0.3, -0.25) is 4.79 Å². The van der Waals surface area contributed by atoms with Crippen LogP contribution in [0.5, 0.6) is 0 Å². The number of carboxylic acids is 1. The smallest absolute Gasteiger partial charge is 0.416 e. The van der Waals surface area contributed by atoms with E-state index < -0.39 is 23.8 Å². The fourth-order valence-electron chi connectivity index (χ4n) is 2.98. The van der Waals surface area contributed by atoms with Gasteiger partial charge in [0, 0.05) is 30.1 Å². The van der Waals surface area contributed by atoms with Crippen LogP contribution in [0.25, 0.3) is 10.9 Å². The first kappa shape index (κ1) is 18.0. The highest BCUT2D eigenvalue weighted by molar-refractivity contribution is 5.85. The Morgan fingerprint density at radius 3 is 2.58 bits per heavy atom. The lowest BCUT2D eigenvalue weighted by molar-refractivity contribution is -0.139. The van der Waals surface area contributed by atoms with Gasteiger partial charge in [-0.2, -0.15) is 13.2 Å². The van der Waals surface area contributed by atoms with Gasteiger partial charge in [-0.15, -0.1) is 0 Å². The highest BCUT2D eigenvalue weighted by atomic mass is 19.4. The van der Waals surface area contributed by atoms with Crippen LogP contribution in [0.1, 0.15) is 16.7 Å². The Bertz CT molecular complexity index is 947. The Morgan fingerprint density at radius 2 is 1.88 bits per heavy atom. The second-order valence-electron chi connectivity index (χ2n) is 6.15. The van der Waals surface area contributed by atoms with Gasteiger partial charge in [-0.1, -0.05) is 30.3 Å². The predicted molar refractivity (Wildman–Crippen MR) is 91.8 cm³/mol. The number of alkyl halides is 3. The van der Waals surface area contributed by atoms with Gasteiger partial charge >= 0.3 is 12.1 Å². The van der Waals surface area contributed by atoms with Crippen molar-refractivity contribution in [3.05, 3.63) is 71.4 Å². The number of nitrogens with two attached hydrogens (primary N) is 1. The third-order valence-corrected chi connectivity index (χ3v) is 4.24. The van der Waals surface area contributed by atoms with Crippen molar-refractivity contribution in [2.45, 2.75) is 25.2 Å². The number of nitrogens with zero attached hydrogens (tertiary/aromatic N) is 1. The Kier molecular flexibility index (Phi) is 4.73. The topological polar surface area (TPSA) is 68.2 Å². The molecule has 4 nitrogen and oxygen atoms in total. The van der Waals surface area contributed by atoms with E-state index in [0.717, 1.165) is 28.6 Å². The summed E-state index contributed by atoms with van der Waals surface area (Å²) in [6, 6.07) is 11.5. The minimum absolute atomic E-state index is 0.144. The SMILES string of the molecule is NC(Cc1cn(Cc2cccc(C(F)(F)F)c2)c2ccccc12)C(=O)O. The first-order chi connectivity index (χ1) is 12.3. The standard InChI is InChI=1S/C19H17F3N2O2/c20-19(21,22)14-5-3-4-12(8-14)10-24-11-13(9-16(23)18(25)26)15-6-1-2-7-17(15)24/h1-8,11,16H,9-10,23H2,(H,25,26). The minimum Gasteiger partial charge on any atom is -0.480 e. The molecule has 26 heavy (non-hydrogen) atoms. The van der Waals surface area contributed by atoms with E-state index in [2.05, 4.69) is 0 Å². The molecule has 0 radical (unpaired) electrons. The average molecular weight is 362 g/mol. The van der Waals surface area contributed by atoms with Crippen LogP contribution < -0.4 is 5.73 Å². The Morgan fingerprint density at radius 1 is 1.15 bits per heavy atom. The van der Waals surface area contributed by atoms with Crippen molar-refractivity contribution in [1.82, 2.24) is 4.57 Å². The third kappa shape index (κ3) is 3.72. The van der Waals surface area contributed by atoms with Gasteiger partial charge in [0.05, 0.1) is 5.56 Å². The number of aliphatic carboxylic acids is 1. The number of halogens is 3. The van der Waals surface area contributed by atoms with Crippen LogP contribution >= 0.6 is 0 Å². The van der Waals surface area contributed by atoms with E-state index in [1.807, 2.05) is 28.8 Å². The van der Waals surface area contributed by atoms with Gasteiger partial charge in [0.25, 0.3) is 0 Å². The van der Waals surface area contributed by atoms with Crippen LogP contribution in [0.3, 0.4) is 0 Å². The van der Waals surface area contributed by atoms with Crippen LogP contribution in [0.4, 0.5) is 13.2 Å². The zero-order valence-corrected chi connectivity index (χ0v) is 13.7. The summed E-state index contributed by atoms with van der Waals surface area (Å²) in [6.07, 6.45) is -2.49. The molecule has 0 spiro atoms. The maximum absolute atomic E-state index is 12.9. The molecule has 1 heterocycles. The summed E-state index contributed by atoms with van der Waals surface area (Å²) in [7, 11) is 0. The van der Waals surface area contributed by atoms with Gasteiger partial charge in [0.15, 0.2) is 0 Å². The first-order valence-electron chi connectivity index (χ1n) is 7.97. The molecule has 0 saturated carbocycles. The second-order valence-corrected chi connectivity index (χ2v) is 6.15. The van der Waals surface area contributed by atoms with Gasteiger partial charge in [-0.25, -0.2) is 0 Å². The molecule has 1 unspecified atom stereocenters. The molecular weight excluding hydrogens is 345 g/mol. The number of carboxylic acid groups (broad SMARTS) is 1. The number of hydrogen-bond donors (Lipinski definition) is 2. The molecule has 7 heteroatoms. The fraction of sp³-hybridized carbons (Fsp3) is 0.211. The van der Waals surface area contributed by atoms with Crippen molar-refractivity contribution in [2.75, 3.05) is 0 Å². The normalized spacial score (nSPS) is 13.1. The van der Waals surface area contributed by atoms with E-state index in [-0.39, 0.29) is 13.0 Å². The van der Waals surface area contributed by atoms with E-state index >= 15 is 0 Å². The molecule has 0 aliphatic rings. The van der Waals surface area contributed by atoms with Gasteiger partial charge in [0.2, 0.25) is 0 Å². The van der Waals surface area contributed by atoms with Crippen molar-refractivity contribution in [3.63, 3.8) is 0 Å². The summed E-state index contributed by atoms with van der Waals surface area (Å²) in [5, 5.41) is 9.87. The molecule has 0 saturated heterocycles. The van der Waals surface area contributed by atoms with Crippen molar-refractivity contribution in [3.8, 4) is 0 Å². The second kappa shape index (κ2) is 6.84. The lowest BCUT2D eigenvalue weighted by Gasteiger charge is -2.10. The molecule has 0 fully saturated rings. The Hall–Kier alpha value is -2.80. The molecule has 1 atom stereocenters. The predicted octanol–water partition coefficient (Wildman–Crippen LogP) is 3.66. The summed E-state index contributed by atoms with van der Waals surface area (Å²) in [5.74, 6) is -1.10. The van der Waals surface area contributed by atoms with Crippen LogP contribution in [0, 0.1) is 0 Å². The van der Waals surface area contributed by atoms with Crippen LogP contribution in [-0.2, 0) is 23.9 Å². The van der Waals surface area contributed by atoms with E-state index in [0.29, 0.717) is 5.56 Å². The molecule has 0 bridgehead atoms. The van der Waals surface area contributed by atoms with Gasteiger partial charge in [-0.05, 0) is 29.3 Å². The number of aromatic nitrogens is 1. The van der Waals surface area contributed by atoms with E-state index in [9.17, 15) is 18.0 Å². The molecule has 1 aromatic heterocycles. The maximum atomic E-state index is 12.9. The number of fused-ring (bicyclic) bond motifs is 1. The molecule has 2 aromatic carbocycles. The van der Waals surface area contributed by atoms with E-state index in [4.69, 9.17) is 10.8 Å². The minimum atomic E-state index is -4.39. The lowest BCUT2D eigenvalue weighted by Crippen LogP contribution is -2.32. The summed E-state index contributed by atoms with van der Waals surface area (Å²) in [5.41, 5.74) is 7.02. The largest absolute Gasteiger partial charge is 0.480 e. The lowest BCUT2D eigenvalue weighted by atomic mass is 10.1. The van der Waals surface area contributed by atoms with Crippen molar-refractivity contribution in [1.29, 1.82) is 0 Å². The summed E-state index contributed by atoms with van der Waals surface area (Å²) in [6.45, 7) is 0.243. The molecule has 0 amide bonds. The third-order valence-electron chi connectivity index (χ3n) is 4.24. The number of benzene rings is 2. The summed E-state index contributed by atoms with van der Waals surface area (Å²) in [4.78, 5) is 11.0. The molecule has 136 valence electrons. The van der Waals surface area contributed by atoms with Crippen LogP contribution in [-0.4, -0.2) is 21.7 Å². The highest BCUT2D eigenvalue weighted by Crippen LogP contribution is 2.30.